The fourth-order valence-corrected chi connectivity index (χ4v) is 4.97. The van der Waals surface area contributed by atoms with E-state index in [1.165, 1.54) is 30.6 Å². The predicted octanol–water partition coefficient (Wildman–Crippen LogP) is 8.93. The summed E-state index contributed by atoms with van der Waals surface area (Å²) >= 11 is 0. The van der Waals surface area contributed by atoms with Gasteiger partial charge in [-0.25, -0.2) is 0 Å². The molecule has 0 spiro atoms. The number of nitrogens with zero attached hydrogens (tertiary/aromatic N) is 3. The summed E-state index contributed by atoms with van der Waals surface area (Å²) in [6.07, 6.45) is 14.8. The molecule has 1 heterocycles. The van der Waals surface area contributed by atoms with Gasteiger partial charge in [-0.1, -0.05) is 98.8 Å². The van der Waals surface area contributed by atoms with Crippen LogP contribution in [0.5, 0.6) is 0 Å². The lowest BCUT2D eigenvalue weighted by atomic mass is 9.96. The molecule has 1 aliphatic rings. The van der Waals surface area contributed by atoms with Gasteiger partial charge in [0.1, 0.15) is 6.29 Å². The number of amides is 1. The third-order valence-electron chi connectivity index (χ3n) is 7.74. The molecule has 1 atom stereocenters. The Bertz CT molecular complexity index is 950. The number of anilines is 1. The van der Waals surface area contributed by atoms with Crippen molar-refractivity contribution in [3.63, 3.8) is 0 Å². The van der Waals surface area contributed by atoms with E-state index < -0.39 is 0 Å². The Kier molecular flexibility index (Phi) is 28.1. The highest BCUT2D eigenvalue weighted by Gasteiger charge is 2.22. The van der Waals surface area contributed by atoms with Crippen molar-refractivity contribution in [3.8, 4) is 0 Å². The maximum Gasteiger partial charge on any atom is 0.219 e. The minimum absolute atomic E-state index is 0.224. The number of aldehydes is 1. The van der Waals surface area contributed by atoms with E-state index in [1.807, 2.05) is 37.8 Å². The molecule has 1 aromatic carbocycles. The van der Waals surface area contributed by atoms with Crippen LogP contribution >= 0.6 is 0 Å². The summed E-state index contributed by atoms with van der Waals surface area (Å²) < 4.78 is 0. The number of carbonyl (C=O) groups excluding carboxylic acids is 2. The molecule has 1 aliphatic heterocycles. The molecule has 0 saturated carbocycles. The number of hydrogen-bond donors (Lipinski definition) is 1. The van der Waals surface area contributed by atoms with Gasteiger partial charge in [-0.3, -0.25) is 9.59 Å². The van der Waals surface area contributed by atoms with Crippen LogP contribution in [0.1, 0.15) is 117 Å². The van der Waals surface area contributed by atoms with Crippen molar-refractivity contribution in [2.75, 3.05) is 51.2 Å². The molecule has 0 aliphatic carbocycles. The highest BCUT2D eigenvalue weighted by atomic mass is 16.2. The minimum Gasteiger partial charge on any atom is -0.384 e. The van der Waals surface area contributed by atoms with E-state index in [1.54, 1.807) is 13.0 Å². The molecule has 1 fully saturated rings. The Labute approximate surface area is 279 Å². The van der Waals surface area contributed by atoms with E-state index in [2.05, 4.69) is 88.2 Å². The van der Waals surface area contributed by atoms with Gasteiger partial charge in [-0.15, -0.1) is 0 Å². The summed E-state index contributed by atoms with van der Waals surface area (Å²) in [5, 5.41) is 3.28. The van der Waals surface area contributed by atoms with E-state index in [0.29, 0.717) is 12.0 Å². The highest BCUT2D eigenvalue weighted by molar-refractivity contribution is 5.78. The third kappa shape index (κ3) is 20.0. The number of rotatable bonds is 16. The average molecular weight is 627 g/mol. The number of carbonyl (C=O) groups is 2. The molecule has 1 saturated heterocycles. The van der Waals surface area contributed by atoms with Gasteiger partial charge < -0.3 is 20.0 Å². The van der Waals surface area contributed by atoms with Crippen molar-refractivity contribution in [1.29, 1.82) is 0 Å². The van der Waals surface area contributed by atoms with Gasteiger partial charge in [-0.2, -0.15) is 0 Å². The van der Waals surface area contributed by atoms with Crippen LogP contribution in [0.4, 0.5) is 5.69 Å². The largest absolute Gasteiger partial charge is 0.384 e. The Hall–Kier alpha value is -2.86. The first-order valence-corrected chi connectivity index (χ1v) is 17.6. The van der Waals surface area contributed by atoms with Crippen LogP contribution in [0.2, 0.25) is 0 Å². The standard InChI is InChI=1S/C23H34N2O.C11H22N2O.C3H8.C2H6/c1-6-9-10-14-25(15-13-24-20(5)8-3)23-17-21(18-26)11-12-22(23)16-19(4)7-2;1-4-7-12(3)11-5-8-13(9-6-11)10(2)14;1-3-2;1-2/h6,8-9,11-12,17-19,24H,3,5,7,10,13-16H2,1-2,4H3;11H,4-9H2,1-3H3;3H2,1-2H3;1-2H3/b9-6-;;;. The minimum atomic E-state index is 0.224. The van der Waals surface area contributed by atoms with Crippen molar-refractivity contribution < 1.29 is 9.59 Å². The molecule has 0 radical (unpaired) electrons. The van der Waals surface area contributed by atoms with Crippen molar-refractivity contribution in [2.24, 2.45) is 5.92 Å². The molecule has 6 nitrogen and oxygen atoms in total. The van der Waals surface area contributed by atoms with E-state index in [9.17, 15) is 9.59 Å². The number of allylic oxidation sites excluding steroid dienone is 2. The number of likely N-dealkylation sites (tertiary alicyclic amines) is 1. The smallest absolute Gasteiger partial charge is 0.219 e. The summed E-state index contributed by atoms with van der Waals surface area (Å²) in [7, 11) is 2.19. The molecule has 1 N–H and O–H groups in total. The Morgan fingerprint density at radius 1 is 1.11 bits per heavy atom. The van der Waals surface area contributed by atoms with Gasteiger partial charge >= 0.3 is 0 Å². The van der Waals surface area contributed by atoms with E-state index in [4.69, 9.17) is 0 Å². The Balaban J connectivity index is 0. The van der Waals surface area contributed by atoms with Crippen LogP contribution in [-0.2, 0) is 11.2 Å². The monoisotopic (exact) mass is 627 g/mol. The molecule has 0 aromatic heterocycles. The molecule has 1 amide bonds. The van der Waals surface area contributed by atoms with Crippen LogP contribution in [0.15, 0.2) is 55.3 Å². The zero-order valence-corrected chi connectivity index (χ0v) is 31.0. The zero-order chi connectivity index (χ0) is 34.6. The van der Waals surface area contributed by atoms with Gasteiger partial charge in [-0.05, 0) is 76.2 Å². The molecule has 258 valence electrons. The topological polar surface area (TPSA) is 55.9 Å². The van der Waals surface area contributed by atoms with Crippen molar-refractivity contribution >= 4 is 17.9 Å². The predicted molar refractivity (Wildman–Crippen MR) is 199 cm³/mol. The number of benzene rings is 1. The molecule has 1 unspecified atom stereocenters. The number of nitrogens with one attached hydrogen (secondary N) is 1. The van der Waals surface area contributed by atoms with Gasteiger partial charge in [0, 0.05) is 62.6 Å². The van der Waals surface area contributed by atoms with Crippen LogP contribution in [0, 0.1) is 5.92 Å². The van der Waals surface area contributed by atoms with Crippen LogP contribution in [0.25, 0.3) is 0 Å². The zero-order valence-electron chi connectivity index (χ0n) is 31.0. The van der Waals surface area contributed by atoms with Crippen LogP contribution < -0.4 is 10.2 Å². The molecular formula is C39H70N4O2. The van der Waals surface area contributed by atoms with Crippen LogP contribution in [-0.4, -0.2) is 74.4 Å². The molecule has 6 heteroatoms. The highest BCUT2D eigenvalue weighted by Crippen LogP contribution is 2.26. The summed E-state index contributed by atoms with van der Waals surface area (Å²) in [5.41, 5.74) is 4.05. The quantitative estimate of drug-likeness (QED) is 0.113. The maximum absolute atomic E-state index is 11.3. The second kappa shape index (κ2) is 28.6. The first-order chi connectivity index (χ1) is 21.6. The Morgan fingerprint density at radius 2 is 1.73 bits per heavy atom. The van der Waals surface area contributed by atoms with Gasteiger partial charge in [0.2, 0.25) is 5.91 Å². The average Bonchev–Trinajstić information content (AvgIpc) is 3.05. The van der Waals surface area contributed by atoms with Crippen molar-refractivity contribution in [2.45, 2.75) is 113 Å². The van der Waals surface area contributed by atoms with E-state index in [-0.39, 0.29) is 5.91 Å². The second-order valence-electron chi connectivity index (χ2n) is 11.6. The lowest BCUT2D eigenvalue weighted by Gasteiger charge is -2.36. The summed E-state index contributed by atoms with van der Waals surface area (Å²) in [6, 6.07) is 6.76. The lowest BCUT2D eigenvalue weighted by molar-refractivity contribution is -0.130. The SMILES string of the molecule is C=CC(=C)NCCN(CC/C=C\C)c1cc(C=O)ccc1CC(C)CC.CC.CCC.CCCN(C)C1CCN(C(C)=O)CC1. The fourth-order valence-electron chi connectivity index (χ4n) is 4.97. The van der Waals surface area contributed by atoms with Gasteiger partial charge in [0.05, 0.1) is 0 Å². The summed E-state index contributed by atoms with van der Waals surface area (Å²) in [5.74, 6) is 0.841. The summed E-state index contributed by atoms with van der Waals surface area (Å²) in [4.78, 5) is 29.2. The van der Waals surface area contributed by atoms with E-state index in [0.717, 1.165) is 82.4 Å². The maximum atomic E-state index is 11.3. The normalized spacial score (nSPS) is 13.4. The molecule has 45 heavy (non-hydrogen) atoms. The van der Waals surface area contributed by atoms with Crippen molar-refractivity contribution in [1.82, 2.24) is 15.1 Å². The second-order valence-corrected chi connectivity index (χ2v) is 11.6. The molecule has 1 aromatic rings. The van der Waals surface area contributed by atoms with E-state index >= 15 is 0 Å². The third-order valence-corrected chi connectivity index (χ3v) is 7.74. The number of piperidine rings is 1. The lowest BCUT2D eigenvalue weighted by Crippen LogP contribution is -2.45. The first-order valence-electron chi connectivity index (χ1n) is 17.6. The van der Waals surface area contributed by atoms with Gasteiger partial charge in [0.25, 0.3) is 0 Å². The summed E-state index contributed by atoms with van der Waals surface area (Å²) in [6.45, 7) is 31.9. The molecule has 0 bridgehead atoms. The van der Waals surface area contributed by atoms with Crippen LogP contribution in [0.3, 0.4) is 0 Å². The number of hydrogen-bond acceptors (Lipinski definition) is 5. The molecule has 2 rings (SSSR count). The van der Waals surface area contributed by atoms with Gasteiger partial charge in [0.15, 0.2) is 0 Å². The van der Waals surface area contributed by atoms with Crippen molar-refractivity contribution in [3.05, 3.63) is 66.4 Å². The Morgan fingerprint density at radius 3 is 2.22 bits per heavy atom. The molecular weight excluding hydrogens is 556 g/mol. The fraction of sp³-hybridized carbons (Fsp3) is 0.641. The first kappa shape index (κ1) is 44.3.